The van der Waals surface area contributed by atoms with Crippen LogP contribution in [0.25, 0.3) is 16.6 Å². The number of aromatic nitrogens is 2. The molecule has 4 aromatic rings. The highest BCUT2D eigenvalue weighted by Gasteiger charge is 2.23. The fourth-order valence-corrected chi connectivity index (χ4v) is 4.80. The number of benzene rings is 3. The zero-order valence-electron chi connectivity index (χ0n) is 21.4. The summed E-state index contributed by atoms with van der Waals surface area (Å²) in [5.41, 5.74) is 1.65. The van der Waals surface area contributed by atoms with E-state index in [9.17, 15) is 14.9 Å². The van der Waals surface area contributed by atoms with Crippen LogP contribution in [-0.4, -0.2) is 64.7 Å². The van der Waals surface area contributed by atoms with Gasteiger partial charge in [0.1, 0.15) is 17.3 Å². The van der Waals surface area contributed by atoms with Gasteiger partial charge in [-0.15, -0.1) is 0 Å². The van der Waals surface area contributed by atoms with Crippen molar-refractivity contribution in [2.75, 3.05) is 40.4 Å². The fourth-order valence-electron chi connectivity index (χ4n) is 4.80. The molecule has 196 valence electrons. The van der Waals surface area contributed by atoms with E-state index in [1.807, 2.05) is 6.07 Å². The van der Waals surface area contributed by atoms with Gasteiger partial charge in [-0.25, -0.2) is 4.98 Å². The molecule has 0 unspecified atom stereocenters. The highest BCUT2D eigenvalue weighted by Crippen LogP contribution is 2.29. The van der Waals surface area contributed by atoms with Crippen LogP contribution in [0.1, 0.15) is 11.4 Å². The van der Waals surface area contributed by atoms with Crippen LogP contribution < -0.4 is 15.0 Å². The molecular weight excluding hydrogens is 486 g/mol. The van der Waals surface area contributed by atoms with Gasteiger partial charge in [-0.2, -0.15) is 0 Å². The number of hydrogen-bond acceptors (Lipinski definition) is 8. The lowest BCUT2D eigenvalue weighted by atomic mass is 10.2. The number of hydrogen-bond donors (Lipinski definition) is 0. The maximum Gasteiger partial charge on any atom is 0.270 e. The average molecular weight is 516 g/mol. The largest absolute Gasteiger partial charge is 0.497 e. The van der Waals surface area contributed by atoms with Gasteiger partial charge < -0.3 is 9.47 Å². The van der Waals surface area contributed by atoms with Crippen molar-refractivity contribution in [2.24, 2.45) is 0 Å². The minimum atomic E-state index is -0.514. The van der Waals surface area contributed by atoms with Gasteiger partial charge >= 0.3 is 0 Å². The lowest BCUT2D eigenvalue weighted by molar-refractivity contribution is -0.384. The number of ether oxygens (including phenoxy) is 2. The molecule has 0 radical (unpaired) electrons. The number of piperazine rings is 1. The molecule has 0 amide bonds. The third kappa shape index (κ3) is 5.22. The van der Waals surface area contributed by atoms with Crippen LogP contribution in [0.5, 0.6) is 11.5 Å². The quantitative estimate of drug-likeness (QED) is 0.259. The average Bonchev–Trinajstić information content (AvgIpc) is 2.94. The first-order valence-electron chi connectivity index (χ1n) is 12.4. The second-order valence-corrected chi connectivity index (χ2v) is 9.20. The van der Waals surface area contributed by atoms with Crippen molar-refractivity contribution < 1.29 is 14.4 Å². The van der Waals surface area contributed by atoms with E-state index in [4.69, 9.17) is 14.5 Å². The molecule has 0 spiro atoms. The van der Waals surface area contributed by atoms with Crippen LogP contribution in [0.2, 0.25) is 0 Å². The van der Waals surface area contributed by atoms with Crippen molar-refractivity contribution >= 4 is 16.6 Å². The fraction of sp³-hybridized carbons (Fsp3) is 0.286. The van der Waals surface area contributed by atoms with Gasteiger partial charge in [0.05, 0.1) is 42.3 Å². The van der Waals surface area contributed by atoms with Crippen molar-refractivity contribution in [1.29, 1.82) is 0 Å². The SMILES string of the molecule is COc1ccc(-n2c(CN3CCN(Cc4ccccc4)CC3)nc3ccc([N+](=O)[O-])cc3c2=O)c(OC)c1. The summed E-state index contributed by atoms with van der Waals surface area (Å²) in [6.45, 7) is 4.77. The Morgan fingerprint density at radius 1 is 0.895 bits per heavy atom. The summed E-state index contributed by atoms with van der Waals surface area (Å²) in [5, 5.41) is 11.6. The minimum absolute atomic E-state index is 0.160. The highest BCUT2D eigenvalue weighted by atomic mass is 16.6. The van der Waals surface area contributed by atoms with Gasteiger partial charge in [-0.3, -0.25) is 29.3 Å². The molecular formula is C28H29N5O5. The number of non-ortho nitro benzene ring substituents is 1. The third-order valence-electron chi connectivity index (χ3n) is 6.84. The summed E-state index contributed by atoms with van der Waals surface area (Å²) in [6, 6.07) is 19.8. The van der Waals surface area contributed by atoms with Crippen LogP contribution in [0.4, 0.5) is 5.69 Å². The Kier molecular flexibility index (Phi) is 7.34. The first kappa shape index (κ1) is 25.4. The van der Waals surface area contributed by atoms with Crippen molar-refractivity contribution in [3.63, 3.8) is 0 Å². The van der Waals surface area contributed by atoms with E-state index in [2.05, 4.69) is 34.1 Å². The van der Waals surface area contributed by atoms with E-state index in [0.717, 1.165) is 32.7 Å². The van der Waals surface area contributed by atoms with Gasteiger partial charge in [-0.05, 0) is 23.8 Å². The van der Waals surface area contributed by atoms with Crippen molar-refractivity contribution in [2.45, 2.75) is 13.1 Å². The third-order valence-corrected chi connectivity index (χ3v) is 6.84. The van der Waals surface area contributed by atoms with Crippen LogP contribution in [-0.2, 0) is 13.1 Å². The zero-order valence-corrected chi connectivity index (χ0v) is 21.4. The molecule has 0 bridgehead atoms. The van der Waals surface area contributed by atoms with Gasteiger partial charge in [0.15, 0.2) is 0 Å². The first-order valence-corrected chi connectivity index (χ1v) is 12.4. The highest BCUT2D eigenvalue weighted by molar-refractivity contribution is 5.80. The van der Waals surface area contributed by atoms with Crippen molar-refractivity contribution in [3.05, 3.63) is 98.6 Å². The molecule has 1 saturated heterocycles. The first-order chi connectivity index (χ1) is 18.5. The smallest absolute Gasteiger partial charge is 0.270 e. The number of nitro benzene ring substituents is 1. The summed E-state index contributed by atoms with van der Waals surface area (Å²) >= 11 is 0. The van der Waals surface area contributed by atoms with E-state index >= 15 is 0 Å². The Labute approximate surface area is 219 Å². The summed E-state index contributed by atoms with van der Waals surface area (Å²) < 4.78 is 12.4. The molecule has 1 aliphatic rings. The molecule has 0 saturated carbocycles. The van der Waals surface area contributed by atoms with Crippen LogP contribution >= 0.6 is 0 Å². The normalized spacial score (nSPS) is 14.5. The Balaban J connectivity index is 1.50. The zero-order chi connectivity index (χ0) is 26.6. The summed E-state index contributed by atoms with van der Waals surface area (Å²) in [5.74, 6) is 1.56. The molecule has 1 aromatic heterocycles. The molecule has 1 aliphatic heterocycles. The van der Waals surface area contributed by atoms with Crippen molar-refractivity contribution in [1.82, 2.24) is 19.4 Å². The molecule has 3 aromatic carbocycles. The van der Waals surface area contributed by atoms with Gasteiger partial charge in [0.25, 0.3) is 11.2 Å². The van der Waals surface area contributed by atoms with Gasteiger partial charge in [0.2, 0.25) is 0 Å². The van der Waals surface area contributed by atoms with Gasteiger partial charge in [0, 0.05) is 50.9 Å². The topological polar surface area (TPSA) is 103 Å². The number of nitro groups is 1. The van der Waals surface area contributed by atoms with Crippen LogP contribution in [0.3, 0.4) is 0 Å². The Morgan fingerprint density at radius 2 is 1.61 bits per heavy atom. The molecule has 0 aliphatic carbocycles. The van der Waals surface area contributed by atoms with Crippen LogP contribution in [0, 0.1) is 10.1 Å². The summed E-state index contributed by atoms with van der Waals surface area (Å²) in [6.07, 6.45) is 0. The number of methoxy groups -OCH3 is 2. The lowest BCUT2D eigenvalue weighted by Gasteiger charge is -2.34. The second-order valence-electron chi connectivity index (χ2n) is 9.20. The molecule has 10 nitrogen and oxygen atoms in total. The van der Waals surface area contributed by atoms with Crippen LogP contribution in [0.15, 0.2) is 71.5 Å². The maximum atomic E-state index is 13.8. The molecule has 1 fully saturated rings. The van der Waals surface area contributed by atoms with E-state index in [1.54, 1.807) is 25.3 Å². The second kappa shape index (κ2) is 11.0. The molecule has 10 heteroatoms. The summed E-state index contributed by atoms with van der Waals surface area (Å²) in [7, 11) is 3.08. The number of fused-ring (bicyclic) bond motifs is 1. The van der Waals surface area contributed by atoms with E-state index in [-0.39, 0.29) is 16.6 Å². The Bertz CT molecular complexity index is 1510. The minimum Gasteiger partial charge on any atom is -0.497 e. The molecule has 2 heterocycles. The van der Waals surface area contributed by atoms with Crippen molar-refractivity contribution in [3.8, 4) is 17.2 Å². The predicted molar refractivity (Wildman–Crippen MR) is 144 cm³/mol. The monoisotopic (exact) mass is 515 g/mol. The standard InChI is InChI=1S/C28H29N5O5/c1-37-22-9-11-25(26(17-22)38-2)32-27(29-24-10-8-21(33(35)36)16-23(24)28(32)34)19-31-14-12-30(13-15-31)18-20-6-4-3-5-7-20/h3-11,16-17H,12-15,18-19H2,1-2H3. The predicted octanol–water partition coefficient (Wildman–Crippen LogP) is 3.63. The molecule has 0 atom stereocenters. The van der Waals surface area contributed by atoms with Gasteiger partial charge in [-0.1, -0.05) is 30.3 Å². The van der Waals surface area contributed by atoms with E-state index < -0.39 is 4.92 Å². The van der Waals surface area contributed by atoms with E-state index in [0.29, 0.717) is 35.1 Å². The lowest BCUT2D eigenvalue weighted by Crippen LogP contribution is -2.46. The Morgan fingerprint density at radius 3 is 2.26 bits per heavy atom. The molecule has 0 N–H and O–H groups in total. The molecule has 5 rings (SSSR count). The maximum absolute atomic E-state index is 13.8. The number of rotatable bonds is 8. The number of nitrogens with zero attached hydrogens (tertiary/aromatic N) is 5. The molecule has 38 heavy (non-hydrogen) atoms. The summed E-state index contributed by atoms with van der Waals surface area (Å²) in [4.78, 5) is 34.2. The van der Waals surface area contributed by atoms with E-state index in [1.165, 1.54) is 35.4 Å². The Hall–Kier alpha value is -4.28.